The van der Waals surface area contributed by atoms with Crippen molar-refractivity contribution in [1.82, 2.24) is 0 Å². The third kappa shape index (κ3) is 3.27. The molecular weight excluding hydrogens is 332 g/mol. The quantitative estimate of drug-likeness (QED) is 0.396. The zero-order valence-corrected chi connectivity index (χ0v) is 13.8. The van der Waals surface area contributed by atoms with Gasteiger partial charge in [-0.1, -0.05) is 12.1 Å². The number of rotatable bonds is 3. The van der Waals surface area contributed by atoms with Gasteiger partial charge >= 0.3 is 0 Å². The van der Waals surface area contributed by atoms with Crippen molar-refractivity contribution < 1.29 is 8.78 Å². The molecule has 0 N–H and O–H groups in total. The number of thiocarbonyl (C=S) groups is 1. The minimum Gasteiger partial charge on any atom is -0.206 e. The van der Waals surface area contributed by atoms with E-state index in [2.05, 4.69) is 22.4 Å². The van der Waals surface area contributed by atoms with E-state index in [1.54, 1.807) is 30.3 Å². The Morgan fingerprint density at radius 1 is 0.957 bits per heavy atom. The molecule has 0 unspecified atom stereocenters. The molecule has 0 radical (unpaired) electrons. The third-order valence-corrected chi connectivity index (χ3v) is 4.51. The molecular formula is C18H11F2NS2. The highest BCUT2D eigenvalue weighted by Gasteiger charge is 2.15. The summed E-state index contributed by atoms with van der Waals surface area (Å²) in [5.41, 5.74) is 1.86. The molecule has 0 aliphatic rings. The van der Waals surface area contributed by atoms with Crippen LogP contribution >= 0.6 is 23.6 Å². The van der Waals surface area contributed by atoms with Gasteiger partial charge in [0.1, 0.15) is 11.6 Å². The molecule has 0 spiro atoms. The van der Waals surface area contributed by atoms with Crippen molar-refractivity contribution in [3.8, 4) is 21.6 Å². The standard InChI is InChI=1S/C18H11F2NS2/c1-11-2-7-17(23-11)18-15(19)8-13(9-16(18)20)12-3-5-14(6-4-12)21-10-22/h2-9H,1H3. The van der Waals surface area contributed by atoms with Crippen molar-refractivity contribution >= 4 is 34.4 Å². The van der Waals surface area contributed by atoms with Crippen molar-refractivity contribution in [3.05, 3.63) is 65.0 Å². The van der Waals surface area contributed by atoms with Gasteiger partial charge in [0.25, 0.3) is 0 Å². The van der Waals surface area contributed by atoms with Gasteiger partial charge in [-0.15, -0.1) is 11.3 Å². The molecule has 0 bridgehead atoms. The van der Waals surface area contributed by atoms with Crippen LogP contribution < -0.4 is 0 Å². The summed E-state index contributed by atoms with van der Waals surface area (Å²) in [7, 11) is 0. The lowest BCUT2D eigenvalue weighted by Gasteiger charge is -2.07. The van der Waals surface area contributed by atoms with Crippen molar-refractivity contribution in [1.29, 1.82) is 0 Å². The van der Waals surface area contributed by atoms with Crippen LogP contribution in [0.3, 0.4) is 0 Å². The van der Waals surface area contributed by atoms with Crippen molar-refractivity contribution in [2.45, 2.75) is 6.92 Å². The van der Waals surface area contributed by atoms with Crippen LogP contribution in [0.5, 0.6) is 0 Å². The van der Waals surface area contributed by atoms with E-state index in [9.17, 15) is 8.78 Å². The summed E-state index contributed by atoms with van der Waals surface area (Å²) in [4.78, 5) is 5.45. The van der Waals surface area contributed by atoms with E-state index in [1.165, 1.54) is 23.5 Å². The van der Waals surface area contributed by atoms with E-state index in [-0.39, 0.29) is 5.56 Å². The molecule has 2 aromatic carbocycles. The van der Waals surface area contributed by atoms with Gasteiger partial charge in [0.15, 0.2) is 0 Å². The molecule has 1 nitrogen and oxygen atoms in total. The van der Waals surface area contributed by atoms with Crippen molar-refractivity contribution in [3.63, 3.8) is 0 Å². The minimum atomic E-state index is -0.567. The molecule has 1 heterocycles. The van der Waals surface area contributed by atoms with Crippen LogP contribution in [0, 0.1) is 18.6 Å². The van der Waals surface area contributed by atoms with Crippen LogP contribution in [0.1, 0.15) is 4.88 Å². The summed E-state index contributed by atoms with van der Waals surface area (Å²) in [6.45, 7) is 1.91. The van der Waals surface area contributed by atoms with Gasteiger partial charge in [-0.25, -0.2) is 8.78 Å². The predicted molar refractivity (Wildman–Crippen MR) is 94.5 cm³/mol. The van der Waals surface area contributed by atoms with Gasteiger partial charge < -0.3 is 0 Å². The molecule has 0 aliphatic heterocycles. The molecule has 0 saturated heterocycles. The first-order valence-electron chi connectivity index (χ1n) is 6.82. The molecule has 114 valence electrons. The summed E-state index contributed by atoms with van der Waals surface area (Å²) in [5.74, 6) is -1.13. The predicted octanol–water partition coefficient (Wildman–Crippen LogP) is 6.40. The second-order valence-electron chi connectivity index (χ2n) is 4.98. The largest absolute Gasteiger partial charge is 0.206 e. The number of thiophene rings is 1. The maximum absolute atomic E-state index is 14.4. The average Bonchev–Trinajstić information content (AvgIpc) is 2.94. The third-order valence-electron chi connectivity index (χ3n) is 3.40. The fourth-order valence-electron chi connectivity index (χ4n) is 2.33. The van der Waals surface area contributed by atoms with Crippen LogP contribution in [0.15, 0.2) is 53.5 Å². The maximum atomic E-state index is 14.4. The smallest absolute Gasteiger partial charge is 0.135 e. The molecule has 1 aromatic heterocycles. The first kappa shape index (κ1) is 15.7. The first-order chi connectivity index (χ1) is 11.1. The highest BCUT2D eigenvalue weighted by molar-refractivity contribution is 7.78. The van der Waals surface area contributed by atoms with Crippen LogP contribution in [-0.2, 0) is 0 Å². The van der Waals surface area contributed by atoms with Gasteiger partial charge in [0.05, 0.1) is 16.4 Å². The number of aryl methyl sites for hydroxylation is 1. The second-order valence-corrected chi connectivity index (χ2v) is 6.45. The van der Waals surface area contributed by atoms with Gasteiger partial charge in [-0.3, -0.25) is 0 Å². The lowest BCUT2D eigenvalue weighted by molar-refractivity contribution is 0.591. The monoisotopic (exact) mass is 343 g/mol. The molecule has 23 heavy (non-hydrogen) atoms. The molecule has 3 aromatic rings. The number of isothiocyanates is 1. The lowest BCUT2D eigenvalue weighted by Crippen LogP contribution is -1.90. The van der Waals surface area contributed by atoms with Crippen molar-refractivity contribution in [2.75, 3.05) is 0 Å². The topological polar surface area (TPSA) is 12.4 Å². The highest BCUT2D eigenvalue weighted by atomic mass is 32.1. The van der Waals surface area contributed by atoms with Crippen LogP contribution in [0.2, 0.25) is 0 Å². The lowest BCUT2D eigenvalue weighted by atomic mass is 10.0. The molecule has 0 aliphatic carbocycles. The van der Waals surface area contributed by atoms with E-state index in [1.807, 2.05) is 13.0 Å². The van der Waals surface area contributed by atoms with E-state index < -0.39 is 11.6 Å². The second kappa shape index (κ2) is 6.50. The summed E-state index contributed by atoms with van der Waals surface area (Å²) >= 11 is 5.91. The normalized spacial score (nSPS) is 10.4. The number of benzene rings is 2. The van der Waals surface area contributed by atoms with E-state index >= 15 is 0 Å². The number of nitrogens with zero attached hydrogens (tertiary/aromatic N) is 1. The Balaban J connectivity index is 2.04. The summed E-state index contributed by atoms with van der Waals surface area (Å²) in [6, 6.07) is 13.2. The van der Waals surface area contributed by atoms with Gasteiger partial charge in [-0.05, 0) is 66.7 Å². The van der Waals surface area contributed by atoms with E-state index in [0.717, 1.165) is 4.88 Å². The summed E-state index contributed by atoms with van der Waals surface area (Å²) in [5, 5.41) is 2.28. The molecule has 0 amide bonds. The van der Waals surface area contributed by atoms with Crippen LogP contribution in [0.25, 0.3) is 21.6 Å². The Morgan fingerprint density at radius 3 is 2.13 bits per heavy atom. The molecule has 3 rings (SSSR count). The van der Waals surface area contributed by atoms with Gasteiger partial charge in [0, 0.05) is 9.75 Å². The fraction of sp³-hybridized carbons (Fsp3) is 0.0556. The SMILES string of the molecule is Cc1ccc(-c2c(F)cc(-c3ccc(N=C=S)cc3)cc2F)s1. The number of hydrogen-bond acceptors (Lipinski definition) is 3. The fourth-order valence-corrected chi connectivity index (χ4v) is 3.35. The van der Waals surface area contributed by atoms with Gasteiger partial charge in [0.2, 0.25) is 0 Å². The molecule has 0 saturated carbocycles. The zero-order valence-electron chi connectivity index (χ0n) is 12.1. The Morgan fingerprint density at radius 2 is 1.61 bits per heavy atom. The zero-order chi connectivity index (χ0) is 16.4. The Hall–Kier alpha value is -2.20. The number of hydrogen-bond donors (Lipinski definition) is 0. The molecule has 5 heteroatoms. The molecule has 0 atom stereocenters. The van der Waals surface area contributed by atoms with Crippen LogP contribution in [0.4, 0.5) is 14.5 Å². The van der Waals surface area contributed by atoms with E-state index in [0.29, 0.717) is 21.7 Å². The Bertz CT molecular complexity index is 884. The number of aliphatic imine (C=N–C) groups is 1. The van der Waals surface area contributed by atoms with Crippen molar-refractivity contribution in [2.24, 2.45) is 4.99 Å². The maximum Gasteiger partial charge on any atom is 0.135 e. The van der Waals surface area contributed by atoms with Crippen LogP contribution in [-0.4, -0.2) is 5.16 Å². The number of halogens is 2. The Kier molecular flexibility index (Phi) is 4.44. The average molecular weight is 343 g/mol. The summed E-state index contributed by atoms with van der Waals surface area (Å²) in [6.07, 6.45) is 0. The van der Waals surface area contributed by atoms with Gasteiger partial charge in [-0.2, -0.15) is 4.99 Å². The minimum absolute atomic E-state index is 0.0220. The highest BCUT2D eigenvalue weighted by Crippen LogP contribution is 2.35. The van der Waals surface area contributed by atoms with E-state index in [4.69, 9.17) is 0 Å². The first-order valence-corrected chi connectivity index (χ1v) is 8.05. The molecule has 0 fully saturated rings. The Labute approximate surface area is 142 Å². The summed E-state index contributed by atoms with van der Waals surface area (Å²) < 4.78 is 28.8.